The van der Waals surface area contributed by atoms with E-state index in [0.29, 0.717) is 17.7 Å². The highest BCUT2D eigenvalue weighted by atomic mass is 16.3. The zero-order valence-corrected chi connectivity index (χ0v) is 11.1. The summed E-state index contributed by atoms with van der Waals surface area (Å²) in [6.07, 6.45) is 2.01. The average molecular weight is 264 g/mol. The van der Waals surface area contributed by atoms with Crippen molar-refractivity contribution in [2.75, 3.05) is 6.54 Å². The molecule has 0 bridgehead atoms. The summed E-state index contributed by atoms with van der Waals surface area (Å²) >= 11 is 0. The van der Waals surface area contributed by atoms with Crippen LogP contribution in [0.15, 0.2) is 16.7 Å². The molecular formula is C13H16N2O4. The smallest absolute Gasteiger partial charge is 0.258 e. The molecule has 3 amide bonds. The van der Waals surface area contributed by atoms with Crippen molar-refractivity contribution in [3.63, 3.8) is 0 Å². The Bertz CT molecular complexity index is 545. The number of rotatable bonds is 2. The van der Waals surface area contributed by atoms with Gasteiger partial charge in [-0.05, 0) is 19.9 Å². The van der Waals surface area contributed by atoms with Crippen molar-refractivity contribution in [3.05, 3.63) is 23.7 Å². The van der Waals surface area contributed by atoms with Crippen LogP contribution in [-0.4, -0.2) is 34.7 Å². The Balaban J connectivity index is 2.36. The standard InChI is InChI=1S/C13H16N2O4/c1-4-9-8(5-6-19-9)11(17)15-7-10(16)14-12(18)13(15,2)3/h5-6H,4,7H2,1-3H3,(H,14,16,18). The Hall–Kier alpha value is -2.11. The molecule has 102 valence electrons. The molecule has 19 heavy (non-hydrogen) atoms. The summed E-state index contributed by atoms with van der Waals surface area (Å²) in [5.74, 6) is -0.754. The molecule has 1 aliphatic heterocycles. The monoisotopic (exact) mass is 264 g/mol. The van der Waals surface area contributed by atoms with E-state index in [0.717, 1.165) is 0 Å². The fraction of sp³-hybridized carbons (Fsp3) is 0.462. The molecule has 6 nitrogen and oxygen atoms in total. The molecule has 0 unspecified atom stereocenters. The summed E-state index contributed by atoms with van der Waals surface area (Å²) in [5.41, 5.74) is -0.661. The molecule has 1 aromatic heterocycles. The summed E-state index contributed by atoms with van der Waals surface area (Å²) in [6.45, 7) is 4.96. The first-order chi connectivity index (χ1) is 8.87. The first-order valence-corrected chi connectivity index (χ1v) is 6.10. The van der Waals surface area contributed by atoms with E-state index < -0.39 is 17.4 Å². The predicted molar refractivity (Wildman–Crippen MR) is 66.4 cm³/mol. The van der Waals surface area contributed by atoms with Gasteiger partial charge in [-0.15, -0.1) is 0 Å². The Morgan fingerprint density at radius 1 is 1.47 bits per heavy atom. The highest BCUT2D eigenvalue weighted by Gasteiger charge is 2.44. The van der Waals surface area contributed by atoms with Gasteiger partial charge in [-0.1, -0.05) is 6.92 Å². The number of nitrogens with one attached hydrogen (secondary N) is 1. The lowest BCUT2D eigenvalue weighted by atomic mass is 9.97. The van der Waals surface area contributed by atoms with Crippen LogP contribution in [0.2, 0.25) is 0 Å². The van der Waals surface area contributed by atoms with E-state index in [1.54, 1.807) is 19.9 Å². The van der Waals surface area contributed by atoms with Gasteiger partial charge in [0.2, 0.25) is 5.91 Å². The van der Waals surface area contributed by atoms with Crippen LogP contribution < -0.4 is 5.32 Å². The molecule has 1 fully saturated rings. The number of furan rings is 1. The molecule has 0 radical (unpaired) electrons. The number of carbonyl (C=O) groups excluding carboxylic acids is 3. The summed E-state index contributed by atoms with van der Waals surface area (Å²) in [4.78, 5) is 37.0. The minimum absolute atomic E-state index is 0.133. The molecule has 0 aliphatic carbocycles. The van der Waals surface area contributed by atoms with Gasteiger partial charge in [0.15, 0.2) is 0 Å². The van der Waals surface area contributed by atoms with Crippen molar-refractivity contribution in [2.45, 2.75) is 32.7 Å². The largest absolute Gasteiger partial charge is 0.469 e. The van der Waals surface area contributed by atoms with Gasteiger partial charge in [0, 0.05) is 6.42 Å². The third-order valence-corrected chi connectivity index (χ3v) is 3.33. The number of piperazine rings is 1. The second-order valence-electron chi connectivity index (χ2n) is 4.94. The summed E-state index contributed by atoms with van der Waals surface area (Å²) in [5, 5.41) is 2.23. The van der Waals surface area contributed by atoms with Gasteiger partial charge < -0.3 is 9.32 Å². The number of imide groups is 1. The zero-order valence-electron chi connectivity index (χ0n) is 11.1. The number of aryl methyl sites for hydroxylation is 1. The average Bonchev–Trinajstić information content (AvgIpc) is 2.81. The van der Waals surface area contributed by atoms with Gasteiger partial charge in [-0.2, -0.15) is 0 Å². The first kappa shape index (κ1) is 13.3. The number of carbonyl (C=O) groups is 3. The summed E-state index contributed by atoms with van der Waals surface area (Å²) in [7, 11) is 0. The minimum Gasteiger partial charge on any atom is -0.469 e. The maximum atomic E-state index is 12.5. The molecular weight excluding hydrogens is 248 g/mol. The Morgan fingerprint density at radius 3 is 2.79 bits per heavy atom. The van der Waals surface area contributed by atoms with Crippen molar-refractivity contribution in [2.24, 2.45) is 0 Å². The van der Waals surface area contributed by atoms with E-state index in [2.05, 4.69) is 5.32 Å². The van der Waals surface area contributed by atoms with Crippen molar-refractivity contribution >= 4 is 17.7 Å². The number of nitrogens with zero attached hydrogens (tertiary/aromatic N) is 1. The van der Waals surface area contributed by atoms with Crippen molar-refractivity contribution in [1.82, 2.24) is 10.2 Å². The second kappa shape index (κ2) is 4.53. The Morgan fingerprint density at radius 2 is 2.16 bits per heavy atom. The topological polar surface area (TPSA) is 79.6 Å². The lowest BCUT2D eigenvalue weighted by molar-refractivity contribution is -0.143. The van der Waals surface area contributed by atoms with E-state index in [4.69, 9.17) is 4.42 Å². The van der Waals surface area contributed by atoms with Gasteiger partial charge >= 0.3 is 0 Å². The van der Waals surface area contributed by atoms with Crippen molar-refractivity contribution in [3.8, 4) is 0 Å². The normalized spacial score (nSPS) is 18.4. The van der Waals surface area contributed by atoms with Gasteiger partial charge in [0.05, 0.1) is 11.8 Å². The Labute approximate surface area is 110 Å². The molecule has 1 aromatic rings. The van der Waals surface area contributed by atoms with Crippen LogP contribution in [0, 0.1) is 0 Å². The Kier molecular flexibility index (Phi) is 3.18. The van der Waals surface area contributed by atoms with Crippen LogP contribution in [0.3, 0.4) is 0 Å². The van der Waals surface area contributed by atoms with E-state index in [9.17, 15) is 14.4 Å². The molecule has 1 N–H and O–H groups in total. The molecule has 1 saturated heterocycles. The van der Waals surface area contributed by atoms with E-state index >= 15 is 0 Å². The predicted octanol–water partition coefficient (Wildman–Crippen LogP) is 0.719. The molecule has 0 aromatic carbocycles. The maximum Gasteiger partial charge on any atom is 0.258 e. The van der Waals surface area contributed by atoms with Gasteiger partial charge in [-0.25, -0.2) is 0 Å². The third-order valence-electron chi connectivity index (χ3n) is 3.33. The van der Waals surface area contributed by atoms with Crippen molar-refractivity contribution in [1.29, 1.82) is 0 Å². The summed E-state index contributed by atoms with van der Waals surface area (Å²) in [6, 6.07) is 1.56. The number of hydrogen-bond acceptors (Lipinski definition) is 4. The fourth-order valence-electron chi connectivity index (χ4n) is 2.06. The van der Waals surface area contributed by atoms with Crippen LogP contribution in [0.1, 0.15) is 36.9 Å². The number of amides is 3. The molecule has 1 aliphatic rings. The highest BCUT2D eigenvalue weighted by molar-refractivity contribution is 6.09. The second-order valence-corrected chi connectivity index (χ2v) is 4.94. The maximum absolute atomic E-state index is 12.5. The molecule has 0 spiro atoms. The molecule has 0 atom stereocenters. The quantitative estimate of drug-likeness (QED) is 0.798. The lowest BCUT2D eigenvalue weighted by Gasteiger charge is -2.40. The molecule has 0 saturated carbocycles. The minimum atomic E-state index is -1.06. The van der Waals surface area contributed by atoms with Gasteiger partial charge in [0.1, 0.15) is 17.8 Å². The molecule has 2 rings (SSSR count). The van der Waals surface area contributed by atoms with Crippen LogP contribution in [-0.2, 0) is 16.0 Å². The fourth-order valence-corrected chi connectivity index (χ4v) is 2.06. The van der Waals surface area contributed by atoms with E-state index in [-0.39, 0.29) is 12.5 Å². The van der Waals surface area contributed by atoms with Crippen LogP contribution in [0.25, 0.3) is 0 Å². The third kappa shape index (κ3) is 2.14. The zero-order chi connectivity index (χ0) is 14.2. The van der Waals surface area contributed by atoms with Crippen molar-refractivity contribution < 1.29 is 18.8 Å². The first-order valence-electron chi connectivity index (χ1n) is 6.10. The van der Waals surface area contributed by atoms with E-state index in [1.807, 2.05) is 6.92 Å². The number of hydrogen-bond donors (Lipinski definition) is 1. The molecule has 2 heterocycles. The SMILES string of the molecule is CCc1occc1C(=O)N1CC(=O)NC(=O)C1(C)C. The van der Waals surface area contributed by atoms with Crippen LogP contribution in [0.5, 0.6) is 0 Å². The summed E-state index contributed by atoms with van der Waals surface area (Å²) < 4.78 is 5.21. The van der Waals surface area contributed by atoms with Gasteiger partial charge in [-0.3, -0.25) is 19.7 Å². The van der Waals surface area contributed by atoms with Crippen LogP contribution in [0.4, 0.5) is 0 Å². The van der Waals surface area contributed by atoms with E-state index in [1.165, 1.54) is 11.2 Å². The molecule has 6 heteroatoms. The van der Waals surface area contributed by atoms with Gasteiger partial charge in [0.25, 0.3) is 11.8 Å². The lowest BCUT2D eigenvalue weighted by Crippen LogP contribution is -2.65. The van der Waals surface area contributed by atoms with Crippen LogP contribution >= 0.6 is 0 Å². The highest BCUT2D eigenvalue weighted by Crippen LogP contribution is 2.23.